The SMILES string of the molecule is CCn1c(NC(=O)COc2ccc(Cl)c(C)c2)nnc1SCc1ccccc1Cl. The zero-order valence-corrected chi connectivity index (χ0v) is 18.3. The van der Waals surface area contributed by atoms with Gasteiger partial charge in [0.15, 0.2) is 11.8 Å². The summed E-state index contributed by atoms with van der Waals surface area (Å²) in [5.41, 5.74) is 1.90. The number of anilines is 1. The minimum absolute atomic E-state index is 0.139. The lowest BCUT2D eigenvalue weighted by molar-refractivity contribution is -0.118. The summed E-state index contributed by atoms with van der Waals surface area (Å²) in [6.07, 6.45) is 0. The molecule has 3 rings (SSSR count). The first-order chi connectivity index (χ1) is 14.0. The lowest BCUT2D eigenvalue weighted by Gasteiger charge is -2.10. The van der Waals surface area contributed by atoms with Crippen molar-refractivity contribution in [3.8, 4) is 5.75 Å². The minimum Gasteiger partial charge on any atom is -0.484 e. The number of benzene rings is 2. The Kier molecular flexibility index (Phi) is 7.41. The molecular weight excluding hydrogens is 431 g/mol. The van der Waals surface area contributed by atoms with Gasteiger partial charge in [0, 0.05) is 22.3 Å². The highest BCUT2D eigenvalue weighted by Crippen LogP contribution is 2.27. The van der Waals surface area contributed by atoms with Gasteiger partial charge in [-0.2, -0.15) is 0 Å². The number of carbonyl (C=O) groups is 1. The molecule has 0 fully saturated rings. The number of nitrogens with zero attached hydrogens (tertiary/aromatic N) is 3. The van der Waals surface area contributed by atoms with Crippen molar-refractivity contribution in [2.24, 2.45) is 0 Å². The van der Waals surface area contributed by atoms with Gasteiger partial charge in [-0.05, 0) is 49.2 Å². The lowest BCUT2D eigenvalue weighted by Crippen LogP contribution is -2.22. The Labute approximate surface area is 183 Å². The van der Waals surface area contributed by atoms with Crippen molar-refractivity contribution in [1.82, 2.24) is 14.8 Å². The molecule has 0 bridgehead atoms. The molecule has 0 radical (unpaired) electrons. The first-order valence-corrected chi connectivity index (χ1v) is 10.7. The van der Waals surface area contributed by atoms with E-state index in [2.05, 4.69) is 15.5 Å². The highest BCUT2D eigenvalue weighted by Gasteiger charge is 2.15. The molecule has 0 aliphatic rings. The normalized spacial score (nSPS) is 10.8. The largest absolute Gasteiger partial charge is 0.484 e. The van der Waals surface area contributed by atoms with Crippen LogP contribution in [0, 0.1) is 6.92 Å². The summed E-state index contributed by atoms with van der Waals surface area (Å²) in [6, 6.07) is 12.9. The van der Waals surface area contributed by atoms with E-state index in [9.17, 15) is 4.79 Å². The Balaban J connectivity index is 1.59. The fourth-order valence-electron chi connectivity index (χ4n) is 2.55. The summed E-state index contributed by atoms with van der Waals surface area (Å²) in [6.45, 7) is 4.32. The molecule has 0 unspecified atom stereocenters. The van der Waals surface area contributed by atoms with Crippen molar-refractivity contribution < 1.29 is 9.53 Å². The zero-order chi connectivity index (χ0) is 20.8. The predicted molar refractivity (Wildman–Crippen MR) is 117 cm³/mol. The number of amides is 1. The van der Waals surface area contributed by atoms with Crippen molar-refractivity contribution >= 4 is 46.8 Å². The minimum atomic E-state index is -0.317. The molecule has 152 valence electrons. The topological polar surface area (TPSA) is 69.0 Å². The zero-order valence-electron chi connectivity index (χ0n) is 16.0. The van der Waals surface area contributed by atoms with Gasteiger partial charge in [0.1, 0.15) is 5.75 Å². The van der Waals surface area contributed by atoms with Gasteiger partial charge in [0.25, 0.3) is 5.91 Å². The molecule has 6 nitrogen and oxygen atoms in total. The Morgan fingerprint density at radius 2 is 1.97 bits per heavy atom. The first-order valence-electron chi connectivity index (χ1n) is 8.96. The van der Waals surface area contributed by atoms with Crippen LogP contribution in [0.15, 0.2) is 47.6 Å². The molecule has 0 aliphatic heterocycles. The third-order valence-corrected chi connectivity index (χ3v) is 5.91. The van der Waals surface area contributed by atoms with Crippen molar-refractivity contribution in [2.75, 3.05) is 11.9 Å². The van der Waals surface area contributed by atoms with Gasteiger partial charge in [0.05, 0.1) is 0 Å². The van der Waals surface area contributed by atoms with E-state index in [-0.39, 0.29) is 12.5 Å². The molecule has 3 aromatic rings. The molecule has 1 amide bonds. The molecule has 29 heavy (non-hydrogen) atoms. The molecule has 0 spiro atoms. The van der Waals surface area contributed by atoms with Gasteiger partial charge in [-0.15, -0.1) is 10.2 Å². The second-order valence-corrected chi connectivity index (χ2v) is 7.94. The summed E-state index contributed by atoms with van der Waals surface area (Å²) in [4.78, 5) is 12.3. The van der Waals surface area contributed by atoms with E-state index in [0.29, 0.717) is 39.2 Å². The summed E-state index contributed by atoms with van der Waals surface area (Å²) >= 11 is 13.7. The molecule has 2 aromatic carbocycles. The number of aromatic nitrogens is 3. The molecule has 1 N–H and O–H groups in total. The van der Waals surface area contributed by atoms with E-state index >= 15 is 0 Å². The van der Waals surface area contributed by atoms with Crippen molar-refractivity contribution in [3.05, 3.63) is 63.6 Å². The molecule has 0 saturated heterocycles. The standard InChI is InChI=1S/C20H20Cl2N4O2S/c1-3-26-19(23-18(27)11-28-15-8-9-16(21)13(2)10-15)24-25-20(26)29-12-14-6-4-5-7-17(14)22/h4-10H,3,11-12H2,1-2H3,(H,23,24,27). The molecule has 9 heteroatoms. The van der Waals surface area contributed by atoms with Crippen LogP contribution in [-0.4, -0.2) is 27.3 Å². The van der Waals surface area contributed by atoms with Crippen LogP contribution >= 0.6 is 35.0 Å². The smallest absolute Gasteiger partial charge is 0.264 e. The van der Waals surface area contributed by atoms with E-state index in [1.807, 2.05) is 42.7 Å². The summed E-state index contributed by atoms with van der Waals surface area (Å²) in [5, 5.41) is 13.1. The third kappa shape index (κ3) is 5.65. The Hall–Kier alpha value is -2.22. The van der Waals surface area contributed by atoms with Crippen molar-refractivity contribution in [2.45, 2.75) is 31.3 Å². The van der Waals surface area contributed by atoms with Gasteiger partial charge in [0.2, 0.25) is 5.95 Å². The van der Waals surface area contributed by atoms with Gasteiger partial charge >= 0.3 is 0 Å². The molecular formula is C20H20Cl2N4O2S. The number of rotatable bonds is 8. The number of ether oxygens (including phenoxy) is 1. The maximum atomic E-state index is 12.3. The second-order valence-electron chi connectivity index (χ2n) is 6.18. The van der Waals surface area contributed by atoms with Crippen LogP contribution in [0.25, 0.3) is 0 Å². The Morgan fingerprint density at radius 3 is 2.69 bits per heavy atom. The number of aryl methyl sites for hydroxylation is 1. The second kappa shape index (κ2) is 10.0. The molecule has 0 aliphatic carbocycles. The Bertz CT molecular complexity index is 1010. The number of thioether (sulfide) groups is 1. The molecule has 1 aromatic heterocycles. The summed E-state index contributed by atoms with van der Waals surface area (Å²) in [5.74, 6) is 1.30. The fourth-order valence-corrected chi connectivity index (χ4v) is 3.95. The monoisotopic (exact) mass is 450 g/mol. The van der Waals surface area contributed by atoms with Crippen LogP contribution < -0.4 is 10.1 Å². The average Bonchev–Trinajstić information content (AvgIpc) is 3.09. The highest BCUT2D eigenvalue weighted by atomic mass is 35.5. The maximum absolute atomic E-state index is 12.3. The number of carbonyl (C=O) groups excluding carboxylic acids is 1. The van der Waals surface area contributed by atoms with E-state index in [0.717, 1.165) is 11.1 Å². The van der Waals surface area contributed by atoms with E-state index in [1.165, 1.54) is 11.8 Å². The van der Waals surface area contributed by atoms with E-state index in [1.54, 1.807) is 18.2 Å². The molecule has 0 saturated carbocycles. The quantitative estimate of drug-likeness (QED) is 0.476. The third-order valence-electron chi connectivity index (χ3n) is 4.10. The lowest BCUT2D eigenvalue weighted by atomic mass is 10.2. The van der Waals surface area contributed by atoms with E-state index in [4.69, 9.17) is 27.9 Å². The van der Waals surface area contributed by atoms with Gasteiger partial charge in [-0.25, -0.2) is 0 Å². The van der Waals surface area contributed by atoms with Crippen LogP contribution in [0.4, 0.5) is 5.95 Å². The number of hydrogen-bond donors (Lipinski definition) is 1. The fraction of sp³-hybridized carbons (Fsp3) is 0.250. The molecule has 1 heterocycles. The maximum Gasteiger partial charge on any atom is 0.264 e. The highest BCUT2D eigenvalue weighted by molar-refractivity contribution is 7.98. The van der Waals surface area contributed by atoms with Crippen LogP contribution in [0.1, 0.15) is 18.1 Å². The van der Waals surface area contributed by atoms with Crippen LogP contribution in [0.3, 0.4) is 0 Å². The molecule has 0 atom stereocenters. The van der Waals surface area contributed by atoms with Crippen LogP contribution in [-0.2, 0) is 17.1 Å². The van der Waals surface area contributed by atoms with Crippen LogP contribution in [0.5, 0.6) is 5.75 Å². The number of halogens is 2. The van der Waals surface area contributed by atoms with Gasteiger partial charge in [-0.1, -0.05) is 53.2 Å². The summed E-state index contributed by atoms with van der Waals surface area (Å²) in [7, 11) is 0. The van der Waals surface area contributed by atoms with Gasteiger partial charge in [-0.3, -0.25) is 14.7 Å². The van der Waals surface area contributed by atoms with Gasteiger partial charge < -0.3 is 4.74 Å². The average molecular weight is 451 g/mol. The predicted octanol–water partition coefficient (Wildman–Crippen LogP) is 5.22. The number of nitrogens with one attached hydrogen (secondary N) is 1. The van der Waals surface area contributed by atoms with Crippen molar-refractivity contribution in [3.63, 3.8) is 0 Å². The Morgan fingerprint density at radius 1 is 1.17 bits per heavy atom. The number of hydrogen-bond acceptors (Lipinski definition) is 5. The van der Waals surface area contributed by atoms with E-state index < -0.39 is 0 Å². The van der Waals surface area contributed by atoms with Crippen LogP contribution in [0.2, 0.25) is 10.0 Å². The van der Waals surface area contributed by atoms with Crippen molar-refractivity contribution in [1.29, 1.82) is 0 Å². The summed E-state index contributed by atoms with van der Waals surface area (Å²) < 4.78 is 7.37. The first kappa shape index (κ1) is 21.5.